The highest BCUT2D eigenvalue weighted by atomic mass is 16.3. The summed E-state index contributed by atoms with van der Waals surface area (Å²) < 4.78 is 13.0. The molecular weight excluding hydrogens is 651 g/mol. The van der Waals surface area contributed by atoms with Gasteiger partial charge >= 0.3 is 0 Å². The van der Waals surface area contributed by atoms with Gasteiger partial charge in [-0.05, 0) is 58.1 Å². The van der Waals surface area contributed by atoms with E-state index in [1.807, 2.05) is 48.5 Å². The molecular formula is C48H31N3O2. The molecule has 53 heavy (non-hydrogen) atoms. The zero-order valence-corrected chi connectivity index (χ0v) is 29.1. The number of aromatic nitrogens is 3. The first-order chi connectivity index (χ1) is 26.0. The van der Waals surface area contributed by atoms with E-state index in [0.717, 1.165) is 71.7 Å². The lowest BCUT2D eigenvalue weighted by Crippen LogP contribution is -2.17. The van der Waals surface area contributed by atoms with Crippen molar-refractivity contribution in [2.24, 2.45) is 0 Å². The fourth-order valence-corrected chi connectivity index (χ4v) is 8.43. The lowest BCUT2D eigenvalue weighted by atomic mass is 9.80. The fourth-order valence-electron chi connectivity index (χ4n) is 8.43. The van der Waals surface area contributed by atoms with E-state index in [0.29, 0.717) is 17.5 Å². The quantitative estimate of drug-likeness (QED) is 0.185. The first-order valence-electron chi connectivity index (χ1n) is 17.9. The summed E-state index contributed by atoms with van der Waals surface area (Å²) in [5.74, 6) is 1.88. The van der Waals surface area contributed by atoms with Gasteiger partial charge in [0.25, 0.3) is 0 Å². The maximum Gasteiger partial charge on any atom is 0.164 e. The molecule has 7 aromatic carbocycles. The number of fused-ring (bicyclic) bond motifs is 9. The highest BCUT2D eigenvalue weighted by Gasteiger charge is 2.38. The molecule has 0 bridgehead atoms. The third-order valence-corrected chi connectivity index (χ3v) is 10.9. The molecule has 3 aromatic heterocycles. The third kappa shape index (κ3) is 4.47. The molecule has 5 nitrogen and oxygen atoms in total. The van der Waals surface area contributed by atoms with Crippen LogP contribution in [0.5, 0.6) is 0 Å². The minimum Gasteiger partial charge on any atom is -0.456 e. The second-order valence-corrected chi connectivity index (χ2v) is 14.4. The van der Waals surface area contributed by atoms with Gasteiger partial charge in [-0.25, -0.2) is 15.0 Å². The first kappa shape index (κ1) is 29.8. The molecule has 0 fully saturated rings. The highest BCUT2D eigenvalue weighted by molar-refractivity contribution is 6.11. The van der Waals surface area contributed by atoms with Crippen molar-refractivity contribution >= 4 is 43.9 Å². The van der Waals surface area contributed by atoms with Crippen molar-refractivity contribution in [1.82, 2.24) is 15.0 Å². The van der Waals surface area contributed by atoms with Gasteiger partial charge in [0, 0.05) is 49.2 Å². The number of para-hydroxylation sites is 2. The number of nitrogens with zero attached hydrogens (tertiary/aromatic N) is 3. The van der Waals surface area contributed by atoms with Gasteiger partial charge in [-0.1, -0.05) is 135 Å². The molecule has 10 aromatic rings. The molecule has 0 saturated carbocycles. The average Bonchev–Trinajstić information content (AvgIpc) is 3.85. The van der Waals surface area contributed by atoms with E-state index in [1.165, 1.54) is 22.3 Å². The molecule has 0 N–H and O–H groups in total. The van der Waals surface area contributed by atoms with Gasteiger partial charge in [0.1, 0.15) is 22.3 Å². The maximum atomic E-state index is 6.60. The van der Waals surface area contributed by atoms with Gasteiger partial charge in [-0.3, -0.25) is 0 Å². The van der Waals surface area contributed by atoms with Crippen LogP contribution >= 0.6 is 0 Å². The van der Waals surface area contributed by atoms with Crippen LogP contribution in [0.4, 0.5) is 0 Å². The minimum absolute atomic E-state index is 0.218. The Morgan fingerprint density at radius 3 is 1.83 bits per heavy atom. The van der Waals surface area contributed by atoms with Gasteiger partial charge in [0.15, 0.2) is 17.5 Å². The van der Waals surface area contributed by atoms with Crippen LogP contribution in [-0.2, 0) is 5.41 Å². The summed E-state index contributed by atoms with van der Waals surface area (Å²) in [6, 6.07) is 52.4. The molecule has 0 unspecified atom stereocenters. The maximum absolute atomic E-state index is 6.60. The number of rotatable bonds is 4. The summed E-state index contributed by atoms with van der Waals surface area (Å²) in [6.07, 6.45) is 0. The van der Waals surface area contributed by atoms with Crippen molar-refractivity contribution in [3.8, 4) is 56.4 Å². The third-order valence-electron chi connectivity index (χ3n) is 10.9. The molecule has 1 aliphatic carbocycles. The summed E-state index contributed by atoms with van der Waals surface area (Å²) >= 11 is 0. The molecule has 11 rings (SSSR count). The second-order valence-electron chi connectivity index (χ2n) is 14.4. The fraction of sp³-hybridized carbons (Fsp3) is 0.0625. The van der Waals surface area contributed by atoms with Gasteiger partial charge in [-0.15, -0.1) is 0 Å². The average molecular weight is 682 g/mol. The van der Waals surface area contributed by atoms with E-state index >= 15 is 0 Å². The minimum atomic E-state index is -0.218. The Morgan fingerprint density at radius 2 is 0.981 bits per heavy atom. The number of furan rings is 2. The Labute approximate surface area is 305 Å². The largest absolute Gasteiger partial charge is 0.456 e. The van der Waals surface area contributed by atoms with E-state index < -0.39 is 0 Å². The van der Waals surface area contributed by atoms with E-state index in [-0.39, 0.29) is 5.41 Å². The molecule has 0 radical (unpaired) electrons. The van der Waals surface area contributed by atoms with Crippen molar-refractivity contribution in [2.45, 2.75) is 19.3 Å². The lowest BCUT2D eigenvalue weighted by Gasteiger charge is -2.24. The molecule has 1 aliphatic rings. The molecule has 0 atom stereocenters. The van der Waals surface area contributed by atoms with Crippen LogP contribution in [-0.4, -0.2) is 15.0 Å². The monoisotopic (exact) mass is 681 g/mol. The van der Waals surface area contributed by atoms with Crippen LogP contribution in [0, 0.1) is 0 Å². The van der Waals surface area contributed by atoms with Crippen LogP contribution in [0.15, 0.2) is 160 Å². The van der Waals surface area contributed by atoms with Crippen LogP contribution in [0.2, 0.25) is 0 Å². The van der Waals surface area contributed by atoms with Crippen LogP contribution in [0.25, 0.3) is 100 Å². The molecule has 0 aliphatic heterocycles. The standard InChI is InChI=1S/C48H31N3O2/c1-48(2)39-20-8-6-14-32(39)36-17-11-19-38(43(36)48)47-50-45(28-12-4-3-5-13-28)49-46(51-47)30-23-25-35-34-24-22-29(26-41(34)52-42(35)27-30)31-16-10-18-37-33-15-7-9-21-40(33)53-44(31)37/h3-27H,1-2H3. The molecule has 0 amide bonds. The van der Waals surface area contributed by atoms with Crippen molar-refractivity contribution in [1.29, 1.82) is 0 Å². The van der Waals surface area contributed by atoms with Crippen molar-refractivity contribution in [3.63, 3.8) is 0 Å². The van der Waals surface area contributed by atoms with Gasteiger partial charge in [0.2, 0.25) is 0 Å². The molecule has 5 heteroatoms. The lowest BCUT2D eigenvalue weighted by molar-refractivity contribution is 0.661. The molecule has 0 spiro atoms. The van der Waals surface area contributed by atoms with Gasteiger partial charge < -0.3 is 8.83 Å². The zero-order chi connectivity index (χ0) is 35.3. The molecule has 0 saturated heterocycles. The van der Waals surface area contributed by atoms with Gasteiger partial charge in [0.05, 0.1) is 0 Å². The van der Waals surface area contributed by atoms with Crippen LogP contribution in [0.3, 0.4) is 0 Å². The highest BCUT2D eigenvalue weighted by Crippen LogP contribution is 2.51. The van der Waals surface area contributed by atoms with Gasteiger partial charge in [-0.2, -0.15) is 0 Å². The predicted molar refractivity (Wildman–Crippen MR) is 214 cm³/mol. The summed E-state index contributed by atoms with van der Waals surface area (Å²) in [4.78, 5) is 15.4. The molecule has 250 valence electrons. The number of benzene rings is 7. The second kappa shape index (κ2) is 11.1. The van der Waals surface area contributed by atoms with Crippen molar-refractivity contribution in [2.75, 3.05) is 0 Å². The van der Waals surface area contributed by atoms with E-state index in [2.05, 4.69) is 117 Å². The summed E-state index contributed by atoms with van der Waals surface area (Å²) in [5, 5.41) is 4.31. The molecule has 3 heterocycles. The van der Waals surface area contributed by atoms with E-state index in [4.69, 9.17) is 23.8 Å². The van der Waals surface area contributed by atoms with Crippen LogP contribution < -0.4 is 0 Å². The van der Waals surface area contributed by atoms with E-state index in [1.54, 1.807) is 0 Å². The Hall–Kier alpha value is -6.85. The summed E-state index contributed by atoms with van der Waals surface area (Å²) in [7, 11) is 0. The Bertz CT molecular complexity index is 3100. The predicted octanol–water partition coefficient (Wildman–Crippen LogP) is 12.6. The Kier molecular flexibility index (Phi) is 6.23. The summed E-state index contributed by atoms with van der Waals surface area (Å²) in [6.45, 7) is 4.58. The van der Waals surface area contributed by atoms with Crippen LogP contribution in [0.1, 0.15) is 25.0 Å². The summed E-state index contributed by atoms with van der Waals surface area (Å²) in [5.41, 5.74) is 13.1. The number of hydrogen-bond acceptors (Lipinski definition) is 5. The Morgan fingerprint density at radius 1 is 0.396 bits per heavy atom. The number of hydrogen-bond donors (Lipinski definition) is 0. The van der Waals surface area contributed by atoms with Crippen molar-refractivity contribution < 1.29 is 8.83 Å². The zero-order valence-electron chi connectivity index (χ0n) is 29.1. The normalized spacial score (nSPS) is 13.2. The smallest absolute Gasteiger partial charge is 0.164 e. The SMILES string of the molecule is CC1(C)c2ccccc2-c2cccc(-c3nc(-c4ccccc4)nc(-c4ccc5c(c4)oc4cc(-c6cccc7c6oc6ccccc67)ccc45)n3)c21. The van der Waals surface area contributed by atoms with E-state index in [9.17, 15) is 0 Å². The first-order valence-corrected chi connectivity index (χ1v) is 17.9. The van der Waals surface area contributed by atoms with Crippen molar-refractivity contribution in [3.05, 3.63) is 163 Å². The topological polar surface area (TPSA) is 65.0 Å². The Balaban J connectivity index is 1.06.